The van der Waals surface area contributed by atoms with Crippen LogP contribution in [0.15, 0.2) is 29.7 Å². The molecular weight excluding hydrogens is 262 g/mol. The quantitative estimate of drug-likeness (QED) is 0.758. The summed E-state index contributed by atoms with van der Waals surface area (Å²) in [5.74, 6) is -0.465. The van der Waals surface area contributed by atoms with Crippen LogP contribution in [0.1, 0.15) is 18.9 Å². The lowest BCUT2D eigenvalue weighted by molar-refractivity contribution is -0.135. The van der Waals surface area contributed by atoms with Crippen molar-refractivity contribution in [1.82, 2.24) is 15.4 Å². The van der Waals surface area contributed by atoms with Crippen molar-refractivity contribution < 1.29 is 14.4 Å². The Morgan fingerprint density at radius 2 is 2.40 bits per heavy atom. The fraction of sp³-hybridized carbons (Fsp3) is 0.333. The van der Waals surface area contributed by atoms with E-state index in [-0.39, 0.29) is 6.54 Å². The average Bonchev–Trinajstić information content (AvgIpc) is 2.95. The summed E-state index contributed by atoms with van der Waals surface area (Å²) in [6, 6.07) is 2.88. The van der Waals surface area contributed by atoms with Crippen molar-refractivity contribution in [2.45, 2.75) is 19.4 Å². The highest BCUT2D eigenvalue weighted by Gasteiger charge is 2.30. The Morgan fingerprint density at radius 3 is 3.00 bits per heavy atom. The number of primary amides is 1. The van der Waals surface area contributed by atoms with Crippen molar-refractivity contribution in [3.05, 3.63) is 30.1 Å². The monoisotopic (exact) mass is 277 g/mol. The first kappa shape index (κ1) is 13.8. The molecule has 1 aliphatic heterocycles. The predicted octanol–water partition coefficient (Wildman–Crippen LogP) is 0.00640. The summed E-state index contributed by atoms with van der Waals surface area (Å²) in [6.45, 7) is 1.96. The van der Waals surface area contributed by atoms with Crippen LogP contribution in [0.3, 0.4) is 0 Å². The van der Waals surface area contributed by atoms with Gasteiger partial charge in [-0.2, -0.15) is 0 Å². The van der Waals surface area contributed by atoms with E-state index >= 15 is 0 Å². The number of carbonyl (C=O) groups excluding carboxylic acids is 2. The molecule has 20 heavy (non-hydrogen) atoms. The standard InChI is InChI=1S/C12H15N5O3/c1-2-17(12(13)19)15-11(18)10-6-9(16-20-10)8-4-3-5-14-7-8/h3-5,7,10H,2,6H2,1H3,(H2,13,19)(H,15,18). The number of nitrogens with two attached hydrogens (primary N) is 1. The van der Waals surface area contributed by atoms with E-state index in [1.807, 2.05) is 6.07 Å². The van der Waals surface area contributed by atoms with Crippen molar-refractivity contribution in [3.8, 4) is 0 Å². The molecule has 3 N–H and O–H groups in total. The number of hydrogen-bond acceptors (Lipinski definition) is 5. The zero-order valence-corrected chi connectivity index (χ0v) is 10.9. The van der Waals surface area contributed by atoms with Gasteiger partial charge in [0.2, 0.25) is 6.10 Å². The Kier molecular flexibility index (Phi) is 4.14. The first-order chi connectivity index (χ1) is 9.61. The number of urea groups is 1. The summed E-state index contributed by atoms with van der Waals surface area (Å²) >= 11 is 0. The van der Waals surface area contributed by atoms with Gasteiger partial charge in [-0.1, -0.05) is 5.16 Å². The number of oxime groups is 1. The Balaban J connectivity index is 1.94. The van der Waals surface area contributed by atoms with E-state index in [9.17, 15) is 9.59 Å². The molecular formula is C12H15N5O3. The van der Waals surface area contributed by atoms with Crippen LogP contribution in [0, 0.1) is 0 Å². The summed E-state index contributed by atoms with van der Waals surface area (Å²) in [5.41, 5.74) is 8.93. The van der Waals surface area contributed by atoms with Crippen LogP contribution in [-0.2, 0) is 9.63 Å². The molecule has 1 unspecified atom stereocenters. The Hall–Kier alpha value is -2.64. The van der Waals surface area contributed by atoms with Crippen LogP contribution in [-0.4, -0.2) is 40.3 Å². The summed E-state index contributed by atoms with van der Waals surface area (Å²) < 4.78 is 0. The Morgan fingerprint density at radius 1 is 1.60 bits per heavy atom. The van der Waals surface area contributed by atoms with Crippen LogP contribution >= 0.6 is 0 Å². The fourth-order valence-corrected chi connectivity index (χ4v) is 1.72. The molecule has 1 aliphatic rings. The zero-order valence-electron chi connectivity index (χ0n) is 10.9. The second kappa shape index (κ2) is 6.00. The number of rotatable bonds is 3. The molecule has 1 atom stereocenters. The number of nitrogens with one attached hydrogen (secondary N) is 1. The molecule has 0 aromatic carbocycles. The van der Waals surface area contributed by atoms with E-state index in [0.29, 0.717) is 12.1 Å². The van der Waals surface area contributed by atoms with Gasteiger partial charge in [0.25, 0.3) is 5.91 Å². The third kappa shape index (κ3) is 3.02. The van der Waals surface area contributed by atoms with Crippen molar-refractivity contribution in [2.24, 2.45) is 10.9 Å². The van der Waals surface area contributed by atoms with Gasteiger partial charge in [-0.3, -0.25) is 15.2 Å². The van der Waals surface area contributed by atoms with Crippen molar-refractivity contribution in [1.29, 1.82) is 0 Å². The molecule has 0 aliphatic carbocycles. The molecule has 0 saturated heterocycles. The average molecular weight is 277 g/mol. The van der Waals surface area contributed by atoms with Gasteiger partial charge in [0.1, 0.15) is 0 Å². The largest absolute Gasteiger partial charge is 0.382 e. The topological polar surface area (TPSA) is 110 Å². The molecule has 2 heterocycles. The van der Waals surface area contributed by atoms with Gasteiger partial charge in [-0.05, 0) is 19.1 Å². The van der Waals surface area contributed by atoms with E-state index in [4.69, 9.17) is 10.6 Å². The van der Waals surface area contributed by atoms with Gasteiger partial charge in [-0.15, -0.1) is 0 Å². The number of aromatic nitrogens is 1. The van der Waals surface area contributed by atoms with E-state index in [0.717, 1.165) is 10.6 Å². The highest BCUT2D eigenvalue weighted by molar-refractivity contribution is 6.03. The SMILES string of the molecule is CCN(NC(=O)C1CC(c2cccnc2)=NO1)C(N)=O. The lowest BCUT2D eigenvalue weighted by Crippen LogP contribution is -2.51. The second-order valence-corrected chi connectivity index (χ2v) is 4.14. The zero-order chi connectivity index (χ0) is 14.5. The molecule has 1 aromatic rings. The number of nitrogens with zero attached hydrogens (tertiary/aromatic N) is 3. The van der Waals surface area contributed by atoms with Gasteiger partial charge in [0.05, 0.1) is 5.71 Å². The van der Waals surface area contributed by atoms with Crippen molar-refractivity contribution >= 4 is 17.6 Å². The van der Waals surface area contributed by atoms with E-state index in [1.54, 1.807) is 25.4 Å². The van der Waals surface area contributed by atoms with E-state index in [2.05, 4.69) is 15.6 Å². The van der Waals surface area contributed by atoms with Gasteiger partial charge < -0.3 is 10.6 Å². The van der Waals surface area contributed by atoms with Gasteiger partial charge in [0, 0.05) is 30.9 Å². The minimum atomic E-state index is -0.779. The lowest BCUT2D eigenvalue weighted by atomic mass is 10.1. The Bertz CT molecular complexity index is 531. The first-order valence-corrected chi connectivity index (χ1v) is 6.12. The molecule has 0 spiro atoms. The number of hydrazine groups is 1. The van der Waals surface area contributed by atoms with Crippen LogP contribution in [0.2, 0.25) is 0 Å². The predicted molar refractivity (Wildman–Crippen MR) is 70.4 cm³/mol. The molecule has 3 amide bonds. The molecule has 8 nitrogen and oxygen atoms in total. The highest BCUT2D eigenvalue weighted by Crippen LogP contribution is 2.16. The minimum Gasteiger partial charge on any atom is -0.382 e. The lowest BCUT2D eigenvalue weighted by Gasteiger charge is -2.20. The Labute approximate surface area is 115 Å². The van der Waals surface area contributed by atoms with E-state index in [1.165, 1.54) is 0 Å². The normalized spacial score (nSPS) is 17.1. The number of carbonyl (C=O) groups is 2. The maximum atomic E-state index is 11.9. The second-order valence-electron chi connectivity index (χ2n) is 4.14. The molecule has 106 valence electrons. The molecule has 0 fully saturated rings. The van der Waals surface area contributed by atoms with Crippen LogP contribution in [0.4, 0.5) is 4.79 Å². The number of pyridine rings is 1. The smallest absolute Gasteiger partial charge is 0.333 e. The van der Waals surface area contributed by atoms with Crippen LogP contribution in [0.5, 0.6) is 0 Å². The van der Waals surface area contributed by atoms with Crippen LogP contribution in [0.25, 0.3) is 0 Å². The maximum Gasteiger partial charge on any atom is 0.333 e. The summed E-state index contributed by atoms with van der Waals surface area (Å²) in [4.78, 5) is 32.0. The van der Waals surface area contributed by atoms with Crippen LogP contribution < -0.4 is 11.2 Å². The fourth-order valence-electron chi connectivity index (χ4n) is 1.72. The minimum absolute atomic E-state index is 0.268. The third-order valence-corrected chi connectivity index (χ3v) is 2.78. The van der Waals surface area contributed by atoms with Crippen molar-refractivity contribution in [2.75, 3.05) is 6.54 Å². The van der Waals surface area contributed by atoms with Gasteiger partial charge in [0.15, 0.2) is 0 Å². The number of amides is 3. The molecule has 0 radical (unpaired) electrons. The molecule has 2 rings (SSSR count). The molecule has 0 saturated carbocycles. The molecule has 8 heteroatoms. The molecule has 0 bridgehead atoms. The first-order valence-electron chi connectivity index (χ1n) is 6.12. The summed E-state index contributed by atoms with van der Waals surface area (Å²) in [6.07, 6.45) is 2.83. The van der Waals surface area contributed by atoms with E-state index < -0.39 is 18.0 Å². The maximum absolute atomic E-state index is 11.9. The van der Waals surface area contributed by atoms with Gasteiger partial charge in [-0.25, -0.2) is 9.80 Å². The summed E-state index contributed by atoms with van der Waals surface area (Å²) in [7, 11) is 0. The molecule has 1 aromatic heterocycles. The van der Waals surface area contributed by atoms with Gasteiger partial charge >= 0.3 is 6.03 Å². The third-order valence-electron chi connectivity index (χ3n) is 2.78. The highest BCUT2D eigenvalue weighted by atomic mass is 16.6. The number of hydrogen-bond donors (Lipinski definition) is 2. The van der Waals surface area contributed by atoms with Crippen molar-refractivity contribution in [3.63, 3.8) is 0 Å². The summed E-state index contributed by atoms with van der Waals surface area (Å²) in [5, 5.41) is 4.88.